The van der Waals surface area contributed by atoms with E-state index in [1.165, 1.54) is 6.20 Å². The van der Waals surface area contributed by atoms with Gasteiger partial charge in [0, 0.05) is 44.4 Å². The average Bonchev–Trinajstić information content (AvgIpc) is 3.27. The molecule has 0 fully saturated rings. The van der Waals surface area contributed by atoms with Gasteiger partial charge in [-0.3, -0.25) is 9.36 Å². The van der Waals surface area contributed by atoms with Gasteiger partial charge in [0.05, 0.1) is 5.52 Å². The predicted molar refractivity (Wildman–Crippen MR) is 115 cm³/mol. The summed E-state index contributed by atoms with van der Waals surface area (Å²) in [5, 5.41) is 10.3. The monoisotopic (exact) mass is 413 g/mol. The summed E-state index contributed by atoms with van der Waals surface area (Å²) in [5.74, 6) is -0.516. The Morgan fingerprint density at radius 2 is 1.97 bits per heavy atom. The molecule has 0 bridgehead atoms. The van der Waals surface area contributed by atoms with Crippen LogP contribution in [0.5, 0.6) is 0 Å². The predicted octanol–water partition coefficient (Wildman–Crippen LogP) is 4.57. The van der Waals surface area contributed by atoms with Gasteiger partial charge in [0.1, 0.15) is 12.6 Å². The zero-order chi connectivity index (χ0) is 21.2. The zero-order valence-electron chi connectivity index (χ0n) is 17.3. The van der Waals surface area contributed by atoms with Crippen LogP contribution in [0.2, 0.25) is 25.7 Å². The number of hydrogen-bond donors (Lipinski definition) is 1. The normalized spacial score (nSPS) is 11.9. The molecule has 0 aliphatic heterocycles. The topological polar surface area (TPSA) is 86.4 Å². The van der Waals surface area contributed by atoms with Crippen LogP contribution in [0.1, 0.15) is 28.6 Å². The fourth-order valence-electron chi connectivity index (χ4n) is 3.06. The molecule has 0 saturated heterocycles. The first-order valence-electron chi connectivity index (χ1n) is 9.72. The maximum Gasteiger partial charge on any atom is 0.356 e. The van der Waals surface area contributed by atoms with Crippen LogP contribution in [0.15, 0.2) is 36.7 Å². The summed E-state index contributed by atoms with van der Waals surface area (Å²) in [6.45, 7) is 9.56. The number of carboxylic acids is 1. The summed E-state index contributed by atoms with van der Waals surface area (Å²) in [5.41, 5.74) is 1.58. The summed E-state index contributed by atoms with van der Waals surface area (Å²) < 4.78 is 9.16. The van der Waals surface area contributed by atoms with E-state index < -0.39 is 14.0 Å². The lowest BCUT2D eigenvalue weighted by Crippen LogP contribution is -2.22. The average molecular weight is 414 g/mol. The van der Waals surface area contributed by atoms with E-state index in [9.17, 15) is 14.7 Å². The van der Waals surface area contributed by atoms with E-state index in [2.05, 4.69) is 24.6 Å². The lowest BCUT2D eigenvalue weighted by atomic mass is 10.1. The second kappa shape index (κ2) is 8.34. The molecule has 154 valence electrons. The van der Waals surface area contributed by atoms with E-state index in [1.807, 2.05) is 31.2 Å². The smallest absolute Gasteiger partial charge is 0.356 e. The number of fused-ring (bicyclic) bond motifs is 1. The van der Waals surface area contributed by atoms with Crippen LogP contribution in [-0.2, 0) is 11.5 Å². The highest BCUT2D eigenvalue weighted by Crippen LogP contribution is 2.25. The highest BCUT2D eigenvalue weighted by Gasteiger charge is 2.17. The van der Waals surface area contributed by atoms with Gasteiger partial charge in [0.25, 0.3) is 0 Å². The van der Waals surface area contributed by atoms with Gasteiger partial charge in [-0.1, -0.05) is 26.6 Å². The van der Waals surface area contributed by atoms with E-state index in [0.29, 0.717) is 18.9 Å². The van der Waals surface area contributed by atoms with Gasteiger partial charge in [0.2, 0.25) is 5.91 Å². The number of imidazole rings is 1. The van der Waals surface area contributed by atoms with Crippen LogP contribution < -0.4 is 0 Å². The Labute approximate surface area is 170 Å². The molecule has 0 atom stereocenters. The van der Waals surface area contributed by atoms with Crippen molar-refractivity contribution in [3.8, 4) is 11.4 Å². The van der Waals surface area contributed by atoms with Crippen molar-refractivity contribution in [2.24, 2.45) is 0 Å². The zero-order valence-corrected chi connectivity index (χ0v) is 18.3. The minimum atomic E-state index is -1.20. The molecule has 1 aromatic carbocycles. The van der Waals surface area contributed by atoms with Gasteiger partial charge < -0.3 is 14.4 Å². The number of nitrogens with zero attached hydrogens (tertiary/aromatic N) is 3. The number of ether oxygens (including phenoxy) is 1. The van der Waals surface area contributed by atoms with Crippen LogP contribution >= 0.6 is 0 Å². The Morgan fingerprint density at radius 1 is 1.21 bits per heavy atom. The van der Waals surface area contributed by atoms with E-state index in [-0.39, 0.29) is 18.3 Å². The summed E-state index contributed by atoms with van der Waals surface area (Å²) in [4.78, 5) is 27.8. The Morgan fingerprint density at radius 3 is 2.62 bits per heavy atom. The van der Waals surface area contributed by atoms with E-state index in [0.717, 1.165) is 22.5 Å². The summed E-state index contributed by atoms with van der Waals surface area (Å²) >= 11 is 0. The standard InChI is InChI=1S/C21H27N3O4Si/c1-5-19(25)24-9-8-15-12-16(6-7-18(15)24)20-22-17(21(26)27)13-23(20)14-28-10-11-29(2,3)4/h6-9,12-13H,5,10-11,14H2,1-4H3,(H,26,27). The molecule has 3 aromatic rings. The van der Waals surface area contributed by atoms with Gasteiger partial charge in [-0.05, 0) is 30.3 Å². The van der Waals surface area contributed by atoms with Crippen molar-refractivity contribution in [3.63, 3.8) is 0 Å². The van der Waals surface area contributed by atoms with Crippen LogP contribution in [0.25, 0.3) is 22.3 Å². The fraction of sp³-hybridized carbons (Fsp3) is 0.381. The third-order valence-electron chi connectivity index (χ3n) is 4.74. The van der Waals surface area contributed by atoms with Crippen molar-refractivity contribution in [2.45, 2.75) is 45.8 Å². The second-order valence-corrected chi connectivity index (χ2v) is 13.9. The molecule has 0 amide bonds. The Bertz CT molecular complexity index is 1050. The van der Waals surface area contributed by atoms with Gasteiger partial charge >= 0.3 is 5.97 Å². The largest absolute Gasteiger partial charge is 0.476 e. The minimum Gasteiger partial charge on any atom is -0.476 e. The van der Waals surface area contributed by atoms with Crippen LogP contribution in [0.3, 0.4) is 0 Å². The number of aromatic nitrogens is 3. The minimum absolute atomic E-state index is 0.0207. The van der Waals surface area contributed by atoms with Crippen molar-refractivity contribution >= 4 is 30.9 Å². The van der Waals surface area contributed by atoms with Crippen molar-refractivity contribution in [2.75, 3.05) is 6.61 Å². The van der Waals surface area contributed by atoms with Gasteiger partial charge in [0.15, 0.2) is 5.69 Å². The Balaban J connectivity index is 1.90. The molecule has 2 heterocycles. The number of rotatable bonds is 8. The molecule has 3 rings (SSSR count). The van der Waals surface area contributed by atoms with Crippen LogP contribution in [0, 0.1) is 0 Å². The molecule has 2 aromatic heterocycles. The van der Waals surface area contributed by atoms with Gasteiger partial charge in [-0.25, -0.2) is 9.78 Å². The molecule has 0 radical (unpaired) electrons. The number of carboxylic acid groups (broad SMARTS) is 1. The van der Waals surface area contributed by atoms with Crippen molar-refractivity contribution in [3.05, 3.63) is 42.4 Å². The number of carbonyl (C=O) groups is 2. The lowest BCUT2D eigenvalue weighted by molar-refractivity contribution is 0.0689. The summed E-state index contributed by atoms with van der Waals surface area (Å²) in [7, 11) is -1.20. The second-order valence-electron chi connectivity index (χ2n) is 8.28. The molecule has 8 heteroatoms. The summed E-state index contributed by atoms with van der Waals surface area (Å²) in [6.07, 6.45) is 3.68. The summed E-state index contributed by atoms with van der Waals surface area (Å²) in [6, 6.07) is 8.55. The number of hydrogen-bond acceptors (Lipinski definition) is 4. The molecule has 0 aliphatic carbocycles. The fourth-order valence-corrected chi connectivity index (χ4v) is 3.82. The first kappa shape index (κ1) is 21.0. The van der Waals surface area contributed by atoms with Crippen molar-refractivity contribution < 1.29 is 19.4 Å². The van der Waals surface area contributed by atoms with Crippen LogP contribution in [0.4, 0.5) is 0 Å². The third-order valence-corrected chi connectivity index (χ3v) is 6.45. The maximum absolute atomic E-state index is 12.1. The number of benzene rings is 1. The lowest BCUT2D eigenvalue weighted by Gasteiger charge is -2.16. The molecular formula is C21H27N3O4Si. The maximum atomic E-state index is 12.1. The Kier molecular flexibility index (Phi) is 6.04. The van der Waals surface area contributed by atoms with Crippen molar-refractivity contribution in [1.29, 1.82) is 0 Å². The van der Waals surface area contributed by atoms with Gasteiger partial charge in [-0.2, -0.15) is 0 Å². The SMILES string of the molecule is CCC(=O)n1ccc2cc(-c3nc(C(=O)O)cn3COCC[Si](C)(C)C)ccc21. The molecule has 0 unspecified atom stereocenters. The molecule has 0 aliphatic rings. The molecule has 0 spiro atoms. The quantitative estimate of drug-likeness (QED) is 0.432. The Hall–Kier alpha value is -2.71. The van der Waals surface area contributed by atoms with E-state index >= 15 is 0 Å². The van der Waals surface area contributed by atoms with E-state index in [1.54, 1.807) is 15.3 Å². The van der Waals surface area contributed by atoms with Crippen LogP contribution in [-0.4, -0.2) is 45.8 Å². The van der Waals surface area contributed by atoms with Crippen molar-refractivity contribution in [1.82, 2.24) is 14.1 Å². The molecule has 29 heavy (non-hydrogen) atoms. The highest BCUT2D eigenvalue weighted by atomic mass is 28.3. The third kappa shape index (κ3) is 4.83. The first-order chi connectivity index (χ1) is 13.7. The molecule has 1 N–H and O–H groups in total. The first-order valence-corrected chi connectivity index (χ1v) is 13.4. The molecule has 7 nitrogen and oxygen atoms in total. The number of carbonyl (C=O) groups excluding carboxylic acids is 1. The molecular weight excluding hydrogens is 386 g/mol. The van der Waals surface area contributed by atoms with Gasteiger partial charge in [-0.15, -0.1) is 0 Å². The highest BCUT2D eigenvalue weighted by molar-refractivity contribution is 6.76. The van der Waals surface area contributed by atoms with E-state index in [4.69, 9.17) is 4.74 Å². The number of aromatic carboxylic acids is 1. The molecule has 0 saturated carbocycles.